The highest BCUT2D eigenvalue weighted by Crippen LogP contribution is 2.37. The Labute approximate surface area is 216 Å². The molecule has 0 fully saturated rings. The summed E-state index contributed by atoms with van der Waals surface area (Å²) < 4.78 is 50.7. The van der Waals surface area contributed by atoms with Crippen LogP contribution in [0.4, 0.5) is 13.2 Å². The van der Waals surface area contributed by atoms with Crippen molar-refractivity contribution in [1.29, 1.82) is 0 Å². The van der Waals surface area contributed by atoms with Gasteiger partial charge in [-0.15, -0.1) is 0 Å². The van der Waals surface area contributed by atoms with Crippen LogP contribution in [0.2, 0.25) is 10.0 Å². The van der Waals surface area contributed by atoms with Crippen LogP contribution in [0.15, 0.2) is 58.2 Å². The molecule has 0 unspecified atom stereocenters. The summed E-state index contributed by atoms with van der Waals surface area (Å²) in [5.41, 5.74) is -1.09. The maximum absolute atomic E-state index is 13.2. The first-order valence-electron chi connectivity index (χ1n) is 10.3. The molecule has 0 N–H and O–H groups in total. The fourth-order valence-corrected chi connectivity index (χ4v) is 3.43. The number of hydrogen-bond donors (Lipinski definition) is 0. The summed E-state index contributed by atoms with van der Waals surface area (Å²) in [5.74, 6) is 0.789. The van der Waals surface area contributed by atoms with Crippen molar-refractivity contribution in [3.63, 3.8) is 0 Å². The zero-order valence-electron chi connectivity index (χ0n) is 17.9. The van der Waals surface area contributed by atoms with Gasteiger partial charge in [-0.1, -0.05) is 81.9 Å². The van der Waals surface area contributed by atoms with E-state index in [1.54, 1.807) is 18.2 Å². The van der Waals surface area contributed by atoms with Crippen LogP contribution in [0.1, 0.15) is 31.2 Å². The van der Waals surface area contributed by atoms with Gasteiger partial charge in [-0.2, -0.15) is 13.2 Å². The Balaban J connectivity index is 1.69. The number of hydrogen-bond acceptors (Lipinski definition) is 4. The van der Waals surface area contributed by atoms with Crippen LogP contribution in [-0.4, -0.2) is 31.7 Å². The van der Waals surface area contributed by atoms with E-state index < -0.39 is 11.9 Å². The number of alkyl halides is 3. The summed E-state index contributed by atoms with van der Waals surface area (Å²) in [7, 11) is 0. The first-order chi connectivity index (χ1) is 16.2. The van der Waals surface area contributed by atoms with Crippen LogP contribution in [0.3, 0.4) is 0 Å². The van der Waals surface area contributed by atoms with E-state index in [2.05, 4.69) is 5.16 Å². The van der Waals surface area contributed by atoms with Crippen LogP contribution in [-0.2, 0) is 4.84 Å². The molecule has 0 saturated heterocycles. The number of rotatable bonds is 13. The minimum Gasteiger partial charge on any atom is -0.490 e. The van der Waals surface area contributed by atoms with E-state index >= 15 is 0 Å². The third kappa shape index (κ3) is 10.2. The molecule has 34 heavy (non-hydrogen) atoms. The van der Waals surface area contributed by atoms with Crippen molar-refractivity contribution >= 4 is 52.1 Å². The Morgan fingerprint density at radius 2 is 1.50 bits per heavy atom. The van der Waals surface area contributed by atoms with Crippen molar-refractivity contribution in [3.8, 4) is 11.5 Å². The molecule has 2 aromatic carbocycles. The maximum Gasteiger partial charge on any atom is 0.437 e. The number of benzene rings is 2. The molecule has 4 nitrogen and oxygen atoms in total. The van der Waals surface area contributed by atoms with Crippen molar-refractivity contribution in [3.05, 3.63) is 68.6 Å². The lowest BCUT2D eigenvalue weighted by Crippen LogP contribution is -2.24. The summed E-state index contributed by atoms with van der Waals surface area (Å²) >= 11 is 23.5. The van der Waals surface area contributed by atoms with E-state index in [1.165, 1.54) is 30.3 Å². The Hall–Kier alpha value is -1.80. The monoisotopic (exact) mass is 557 g/mol. The normalized spacial score (nSPS) is 11.8. The van der Waals surface area contributed by atoms with Gasteiger partial charge in [-0.05, 0) is 31.8 Å². The number of oxime groups is 1. The van der Waals surface area contributed by atoms with E-state index in [0.717, 1.165) is 12.8 Å². The number of ether oxygens (including phenoxy) is 2. The van der Waals surface area contributed by atoms with Crippen molar-refractivity contribution < 1.29 is 27.5 Å². The predicted octanol–water partition coefficient (Wildman–Crippen LogP) is 8.61. The smallest absolute Gasteiger partial charge is 0.437 e. The van der Waals surface area contributed by atoms with E-state index in [4.69, 9.17) is 60.7 Å². The Bertz CT molecular complexity index is 943. The molecule has 0 atom stereocenters. The molecule has 0 spiro atoms. The van der Waals surface area contributed by atoms with Gasteiger partial charge in [0.2, 0.25) is 0 Å². The maximum atomic E-state index is 13.2. The predicted molar refractivity (Wildman–Crippen MR) is 131 cm³/mol. The summed E-state index contributed by atoms with van der Waals surface area (Å²) in [5, 5.41) is 3.90. The second-order valence-corrected chi connectivity index (χ2v) is 8.74. The third-order valence-electron chi connectivity index (χ3n) is 4.31. The largest absolute Gasteiger partial charge is 0.490 e. The van der Waals surface area contributed by atoms with Crippen LogP contribution in [0.5, 0.6) is 11.5 Å². The quantitative estimate of drug-likeness (QED) is 0.140. The van der Waals surface area contributed by atoms with Crippen molar-refractivity contribution in [2.24, 2.45) is 5.16 Å². The molecule has 0 aliphatic heterocycles. The highest BCUT2D eigenvalue weighted by atomic mass is 35.5. The van der Waals surface area contributed by atoms with Crippen LogP contribution in [0.25, 0.3) is 0 Å². The van der Waals surface area contributed by atoms with Crippen molar-refractivity contribution in [2.45, 2.75) is 31.9 Å². The van der Waals surface area contributed by atoms with E-state index in [0.29, 0.717) is 41.0 Å². The highest BCUT2D eigenvalue weighted by Gasteiger charge is 2.37. The summed E-state index contributed by atoms with van der Waals surface area (Å²) in [6.07, 6.45) is -0.356. The molecule has 0 amide bonds. The van der Waals surface area contributed by atoms with E-state index in [9.17, 15) is 13.2 Å². The van der Waals surface area contributed by atoms with Gasteiger partial charge in [-0.3, -0.25) is 0 Å². The van der Waals surface area contributed by atoms with Gasteiger partial charge in [-0.25, -0.2) is 0 Å². The minimum atomic E-state index is -4.60. The lowest BCUT2D eigenvalue weighted by atomic mass is 10.1. The zero-order chi connectivity index (χ0) is 25.0. The van der Waals surface area contributed by atoms with Crippen LogP contribution >= 0.6 is 46.4 Å². The molecular weight excluding hydrogens is 537 g/mol. The van der Waals surface area contributed by atoms with Gasteiger partial charge in [0, 0.05) is 17.7 Å². The molecule has 186 valence electrons. The molecule has 0 bridgehead atoms. The van der Waals surface area contributed by atoms with Gasteiger partial charge >= 0.3 is 6.18 Å². The lowest BCUT2D eigenvalue weighted by Gasteiger charge is -2.12. The van der Waals surface area contributed by atoms with Crippen LogP contribution < -0.4 is 9.47 Å². The SMILES string of the molecule is FC(F)(F)C(=NOCCCCCCOc1c(Cl)cc(OCC=C(Cl)Cl)cc1Cl)c1ccccc1. The molecule has 0 aromatic heterocycles. The number of halogens is 7. The fourth-order valence-electron chi connectivity index (χ4n) is 2.73. The van der Waals surface area contributed by atoms with Gasteiger partial charge < -0.3 is 14.3 Å². The van der Waals surface area contributed by atoms with Crippen molar-refractivity contribution in [1.82, 2.24) is 0 Å². The van der Waals surface area contributed by atoms with E-state index in [-0.39, 0.29) is 23.3 Å². The molecule has 2 rings (SSSR count). The average Bonchev–Trinajstić information content (AvgIpc) is 2.76. The molecule has 0 saturated carbocycles. The molecule has 2 aromatic rings. The minimum absolute atomic E-state index is 0.0411. The Kier molecular flexibility index (Phi) is 12.2. The molecular formula is C23H22Cl4F3NO3. The first kappa shape index (κ1) is 28.4. The topological polar surface area (TPSA) is 40.0 Å². The molecule has 0 aliphatic rings. The molecule has 0 heterocycles. The summed E-state index contributed by atoms with van der Waals surface area (Å²) in [6, 6.07) is 10.5. The lowest BCUT2D eigenvalue weighted by molar-refractivity contribution is -0.0615. The second-order valence-electron chi connectivity index (χ2n) is 6.92. The van der Waals surface area contributed by atoms with Gasteiger partial charge in [0.1, 0.15) is 23.5 Å². The Morgan fingerprint density at radius 3 is 2.09 bits per heavy atom. The number of nitrogens with zero attached hydrogens (tertiary/aromatic N) is 1. The highest BCUT2D eigenvalue weighted by molar-refractivity contribution is 6.55. The van der Waals surface area contributed by atoms with E-state index in [1.807, 2.05) is 0 Å². The molecule has 0 aliphatic carbocycles. The fraction of sp³-hybridized carbons (Fsp3) is 0.348. The van der Waals surface area contributed by atoms with Gasteiger partial charge in [0.15, 0.2) is 11.5 Å². The van der Waals surface area contributed by atoms with Gasteiger partial charge in [0.25, 0.3) is 0 Å². The standard InChI is InChI=1S/C23H22Cl4F3NO3/c24-18-14-17(32-13-10-20(26)27)15-19(25)21(18)33-11-6-1-2-7-12-34-31-22(23(28,29)30)16-8-4-3-5-9-16/h3-5,8-10,14-15H,1-2,6-7,11-13H2. The molecule has 11 heteroatoms. The first-order valence-corrected chi connectivity index (χ1v) is 11.8. The second kappa shape index (κ2) is 14.6. The molecule has 0 radical (unpaired) electrons. The van der Waals surface area contributed by atoms with Gasteiger partial charge in [0.05, 0.1) is 16.7 Å². The third-order valence-corrected chi connectivity index (χ3v) is 5.18. The summed E-state index contributed by atoms with van der Waals surface area (Å²) in [6.45, 7) is 0.611. The Morgan fingerprint density at radius 1 is 0.882 bits per heavy atom. The summed E-state index contributed by atoms with van der Waals surface area (Å²) in [4.78, 5) is 4.91. The van der Waals surface area contributed by atoms with Crippen molar-refractivity contribution in [2.75, 3.05) is 19.8 Å². The number of unbranched alkanes of at least 4 members (excludes halogenated alkanes) is 3. The average molecular weight is 559 g/mol. The van der Waals surface area contributed by atoms with Crippen LogP contribution in [0, 0.1) is 0 Å². The zero-order valence-corrected chi connectivity index (χ0v) is 20.9.